The molecule has 1 heterocycles. The van der Waals surface area contributed by atoms with Crippen molar-refractivity contribution >= 4 is 17.5 Å². The maximum Gasteiger partial charge on any atom is 0.259 e. The van der Waals surface area contributed by atoms with Crippen molar-refractivity contribution < 1.29 is 13.7 Å². The van der Waals surface area contributed by atoms with Gasteiger partial charge in [-0.2, -0.15) is 0 Å². The Morgan fingerprint density at radius 2 is 2.18 bits per heavy atom. The maximum atomic E-state index is 14.1. The fraction of sp³-hybridized carbons (Fsp3) is 0.375. The van der Waals surface area contributed by atoms with Gasteiger partial charge in [0, 0.05) is 13.6 Å². The number of hydrogen-bond donors (Lipinski definition) is 0. The lowest BCUT2D eigenvalue weighted by atomic mass is 10.0. The van der Waals surface area contributed by atoms with E-state index in [4.69, 9.17) is 16.1 Å². The Balaban J connectivity index is 2.47. The van der Waals surface area contributed by atoms with Gasteiger partial charge in [0.15, 0.2) is 0 Å². The monoisotopic (exact) mass is 324 g/mol. The molecule has 4 nitrogen and oxygen atoms in total. The number of carbonyl (C=O) groups is 1. The first-order chi connectivity index (χ1) is 10.5. The summed E-state index contributed by atoms with van der Waals surface area (Å²) in [6.07, 6.45) is 1.87. The molecule has 0 unspecified atom stereocenters. The zero-order valence-corrected chi connectivity index (χ0v) is 13.6. The molecular formula is C16H18ClFN2O2. The molecule has 0 fully saturated rings. The molecule has 0 saturated heterocycles. The summed E-state index contributed by atoms with van der Waals surface area (Å²) in [6.45, 7) is 4.30. The summed E-state index contributed by atoms with van der Waals surface area (Å²) >= 11 is 6.07. The van der Waals surface area contributed by atoms with E-state index in [1.54, 1.807) is 24.9 Å². The topological polar surface area (TPSA) is 46.3 Å². The van der Waals surface area contributed by atoms with Crippen LogP contribution in [0.2, 0.25) is 5.02 Å². The van der Waals surface area contributed by atoms with E-state index in [0.29, 0.717) is 12.3 Å². The molecule has 2 aromatic rings. The summed E-state index contributed by atoms with van der Waals surface area (Å²) in [5.41, 5.74) is 0.493. The van der Waals surface area contributed by atoms with Crippen molar-refractivity contribution in [1.29, 1.82) is 0 Å². The van der Waals surface area contributed by atoms with Gasteiger partial charge >= 0.3 is 0 Å². The standard InChI is InChI=1S/C16H18ClFN2O2/c1-4-5-9-20(3)16(21)13-10(2)22-19-15(13)14-11(17)7-6-8-12(14)18/h6-8H,4-5,9H2,1-3H3. The molecule has 0 bridgehead atoms. The van der Waals surface area contributed by atoms with Crippen molar-refractivity contribution in [3.63, 3.8) is 0 Å². The Kier molecular flexibility index (Phi) is 5.19. The van der Waals surface area contributed by atoms with E-state index < -0.39 is 5.82 Å². The van der Waals surface area contributed by atoms with Gasteiger partial charge in [-0.25, -0.2) is 4.39 Å². The summed E-state index contributed by atoms with van der Waals surface area (Å²) in [6, 6.07) is 4.34. The second kappa shape index (κ2) is 6.92. The van der Waals surface area contributed by atoms with Crippen molar-refractivity contribution in [2.45, 2.75) is 26.7 Å². The molecule has 1 aromatic heterocycles. The number of halogens is 2. The number of amides is 1. The van der Waals surface area contributed by atoms with Gasteiger partial charge in [0.25, 0.3) is 5.91 Å². The van der Waals surface area contributed by atoms with E-state index in [0.717, 1.165) is 12.8 Å². The Bertz CT molecular complexity index is 665. The first kappa shape index (κ1) is 16.5. The van der Waals surface area contributed by atoms with Crippen LogP contribution < -0.4 is 0 Å². The Hall–Kier alpha value is -1.88. The van der Waals surface area contributed by atoms with Gasteiger partial charge in [-0.15, -0.1) is 0 Å². The van der Waals surface area contributed by atoms with Gasteiger partial charge in [-0.05, 0) is 25.5 Å². The van der Waals surface area contributed by atoms with Crippen LogP contribution in [0.4, 0.5) is 4.39 Å². The van der Waals surface area contributed by atoms with E-state index in [-0.39, 0.29) is 27.8 Å². The summed E-state index contributed by atoms with van der Waals surface area (Å²) < 4.78 is 19.2. The van der Waals surface area contributed by atoms with Crippen LogP contribution in [-0.2, 0) is 0 Å². The summed E-state index contributed by atoms with van der Waals surface area (Å²) in [4.78, 5) is 14.2. The van der Waals surface area contributed by atoms with Crippen molar-refractivity contribution in [3.05, 3.63) is 40.4 Å². The van der Waals surface area contributed by atoms with Crippen LogP contribution >= 0.6 is 11.6 Å². The first-order valence-electron chi connectivity index (χ1n) is 7.13. The number of rotatable bonds is 5. The predicted molar refractivity (Wildman–Crippen MR) is 83.5 cm³/mol. The zero-order valence-electron chi connectivity index (χ0n) is 12.8. The van der Waals surface area contributed by atoms with Gasteiger partial charge < -0.3 is 9.42 Å². The number of aromatic nitrogens is 1. The fourth-order valence-electron chi connectivity index (χ4n) is 2.21. The van der Waals surface area contributed by atoms with Crippen molar-refractivity contribution in [2.75, 3.05) is 13.6 Å². The molecule has 6 heteroatoms. The number of nitrogens with zero attached hydrogens (tertiary/aromatic N) is 2. The average Bonchev–Trinajstić information content (AvgIpc) is 2.85. The SMILES string of the molecule is CCCCN(C)C(=O)c1c(-c2c(F)cccc2Cl)noc1C. The van der Waals surface area contributed by atoms with Crippen LogP contribution in [0.1, 0.15) is 35.9 Å². The minimum atomic E-state index is -0.536. The van der Waals surface area contributed by atoms with Gasteiger partial charge in [0.2, 0.25) is 0 Å². The van der Waals surface area contributed by atoms with Crippen LogP contribution in [-0.4, -0.2) is 29.6 Å². The number of benzene rings is 1. The van der Waals surface area contributed by atoms with Crippen LogP contribution in [0.25, 0.3) is 11.3 Å². The third-order valence-electron chi connectivity index (χ3n) is 3.47. The lowest BCUT2D eigenvalue weighted by Gasteiger charge is -2.17. The van der Waals surface area contributed by atoms with Gasteiger partial charge in [-0.1, -0.05) is 36.2 Å². The predicted octanol–water partition coefficient (Wildman–Crippen LogP) is 4.31. The van der Waals surface area contributed by atoms with Crippen molar-refractivity contribution in [1.82, 2.24) is 10.1 Å². The van der Waals surface area contributed by atoms with Gasteiger partial charge in [0.05, 0.1) is 10.6 Å². The summed E-state index contributed by atoms with van der Waals surface area (Å²) in [7, 11) is 1.71. The third kappa shape index (κ3) is 3.14. The van der Waals surface area contributed by atoms with E-state index in [2.05, 4.69) is 5.16 Å². The molecule has 2 rings (SSSR count). The molecule has 118 valence electrons. The molecule has 0 saturated carbocycles. The molecule has 1 amide bonds. The van der Waals surface area contributed by atoms with E-state index in [1.165, 1.54) is 12.1 Å². The normalized spacial score (nSPS) is 10.8. The third-order valence-corrected chi connectivity index (χ3v) is 3.78. The smallest absolute Gasteiger partial charge is 0.259 e. The minimum absolute atomic E-state index is 0.0910. The number of aryl methyl sites for hydroxylation is 1. The zero-order chi connectivity index (χ0) is 16.3. The molecule has 0 aliphatic carbocycles. The number of unbranched alkanes of at least 4 members (excludes halogenated alkanes) is 1. The second-order valence-corrected chi connectivity index (χ2v) is 5.55. The average molecular weight is 325 g/mol. The molecule has 0 N–H and O–H groups in total. The first-order valence-corrected chi connectivity index (χ1v) is 7.51. The lowest BCUT2D eigenvalue weighted by Crippen LogP contribution is -2.28. The molecule has 0 radical (unpaired) electrons. The quantitative estimate of drug-likeness (QED) is 0.823. The van der Waals surface area contributed by atoms with Gasteiger partial charge in [-0.3, -0.25) is 4.79 Å². The van der Waals surface area contributed by atoms with E-state index in [1.807, 2.05) is 6.92 Å². The highest BCUT2D eigenvalue weighted by Crippen LogP contribution is 2.33. The van der Waals surface area contributed by atoms with E-state index >= 15 is 0 Å². The summed E-state index contributed by atoms with van der Waals surface area (Å²) in [5.74, 6) is -0.435. The van der Waals surface area contributed by atoms with Crippen LogP contribution in [0, 0.1) is 12.7 Å². The molecule has 0 aliphatic heterocycles. The molecule has 0 atom stereocenters. The summed E-state index contributed by atoms with van der Waals surface area (Å²) in [5, 5.41) is 4.04. The molecule has 0 spiro atoms. The van der Waals surface area contributed by atoms with Crippen molar-refractivity contribution in [3.8, 4) is 11.3 Å². The molecule has 22 heavy (non-hydrogen) atoms. The highest BCUT2D eigenvalue weighted by atomic mass is 35.5. The van der Waals surface area contributed by atoms with Crippen LogP contribution in [0.5, 0.6) is 0 Å². The highest BCUT2D eigenvalue weighted by molar-refractivity contribution is 6.33. The molecule has 1 aromatic carbocycles. The van der Waals surface area contributed by atoms with Gasteiger partial charge in [0.1, 0.15) is 22.8 Å². The van der Waals surface area contributed by atoms with E-state index in [9.17, 15) is 9.18 Å². The highest BCUT2D eigenvalue weighted by Gasteiger charge is 2.27. The number of hydrogen-bond acceptors (Lipinski definition) is 3. The Morgan fingerprint density at radius 3 is 2.82 bits per heavy atom. The second-order valence-electron chi connectivity index (χ2n) is 5.14. The molecule has 0 aliphatic rings. The number of carbonyl (C=O) groups excluding carboxylic acids is 1. The van der Waals surface area contributed by atoms with Crippen molar-refractivity contribution in [2.24, 2.45) is 0 Å². The Labute approximate surface area is 133 Å². The minimum Gasteiger partial charge on any atom is -0.360 e. The molecular weight excluding hydrogens is 307 g/mol. The maximum absolute atomic E-state index is 14.1. The van der Waals surface area contributed by atoms with Crippen LogP contribution in [0.3, 0.4) is 0 Å². The fourth-order valence-corrected chi connectivity index (χ4v) is 2.46. The largest absolute Gasteiger partial charge is 0.360 e. The lowest BCUT2D eigenvalue weighted by molar-refractivity contribution is 0.0792. The Morgan fingerprint density at radius 1 is 1.45 bits per heavy atom. The van der Waals surface area contributed by atoms with Crippen LogP contribution in [0.15, 0.2) is 22.7 Å².